The zero-order valence-electron chi connectivity index (χ0n) is 8.86. The number of hydrogen-bond donors (Lipinski definition) is 2. The van der Waals surface area contributed by atoms with Crippen LogP contribution in [0.1, 0.15) is 13.8 Å². The monoisotopic (exact) mass is 209 g/mol. The standard InChI is InChI=1S/C11H15NO3/c1-8(13)7-15-11-6-4-3-5-10(11)12-9(2)14/h3-6,8,13H,7H2,1-2H3,(H,12,14)/t8-/m1/s1. The van der Waals surface area contributed by atoms with E-state index in [-0.39, 0.29) is 12.5 Å². The minimum atomic E-state index is -0.532. The van der Waals surface area contributed by atoms with Gasteiger partial charge in [-0.3, -0.25) is 4.79 Å². The van der Waals surface area contributed by atoms with Crippen LogP contribution in [-0.2, 0) is 4.79 Å². The van der Waals surface area contributed by atoms with Crippen LogP contribution in [0.4, 0.5) is 5.69 Å². The van der Waals surface area contributed by atoms with Gasteiger partial charge in [-0.1, -0.05) is 12.1 Å². The Kier molecular flexibility index (Phi) is 4.12. The number of benzene rings is 1. The molecule has 0 fully saturated rings. The van der Waals surface area contributed by atoms with E-state index in [1.165, 1.54) is 6.92 Å². The van der Waals surface area contributed by atoms with Crippen molar-refractivity contribution in [1.82, 2.24) is 0 Å². The number of rotatable bonds is 4. The van der Waals surface area contributed by atoms with Crippen LogP contribution in [0.15, 0.2) is 24.3 Å². The maximum absolute atomic E-state index is 10.9. The van der Waals surface area contributed by atoms with Gasteiger partial charge in [-0.2, -0.15) is 0 Å². The third kappa shape index (κ3) is 3.99. The molecular formula is C11H15NO3. The number of aliphatic hydroxyl groups is 1. The van der Waals surface area contributed by atoms with Gasteiger partial charge in [0.15, 0.2) is 0 Å². The number of carbonyl (C=O) groups excluding carboxylic acids is 1. The summed E-state index contributed by atoms with van der Waals surface area (Å²) in [6.07, 6.45) is -0.532. The lowest BCUT2D eigenvalue weighted by atomic mass is 10.3. The number of para-hydroxylation sites is 2. The molecule has 1 aromatic carbocycles. The van der Waals surface area contributed by atoms with Crippen LogP contribution < -0.4 is 10.1 Å². The summed E-state index contributed by atoms with van der Waals surface area (Å²) in [5.41, 5.74) is 0.616. The van der Waals surface area contributed by atoms with E-state index in [0.717, 1.165) is 0 Å². The number of hydrogen-bond acceptors (Lipinski definition) is 3. The molecule has 1 amide bonds. The van der Waals surface area contributed by atoms with Crippen LogP contribution in [0.25, 0.3) is 0 Å². The van der Waals surface area contributed by atoms with E-state index in [4.69, 9.17) is 9.84 Å². The Hall–Kier alpha value is -1.55. The molecule has 82 valence electrons. The predicted molar refractivity (Wildman–Crippen MR) is 57.9 cm³/mol. The molecule has 0 saturated heterocycles. The predicted octanol–water partition coefficient (Wildman–Crippen LogP) is 1.40. The fourth-order valence-electron chi connectivity index (χ4n) is 1.10. The summed E-state index contributed by atoms with van der Waals surface area (Å²) >= 11 is 0. The highest BCUT2D eigenvalue weighted by Gasteiger charge is 2.05. The van der Waals surface area contributed by atoms with E-state index in [2.05, 4.69) is 5.32 Å². The lowest BCUT2D eigenvalue weighted by Crippen LogP contribution is -2.14. The van der Waals surface area contributed by atoms with Gasteiger partial charge in [0.1, 0.15) is 12.4 Å². The van der Waals surface area contributed by atoms with Crippen molar-refractivity contribution in [3.63, 3.8) is 0 Å². The molecular weight excluding hydrogens is 194 g/mol. The van der Waals surface area contributed by atoms with Crippen molar-refractivity contribution in [2.45, 2.75) is 20.0 Å². The van der Waals surface area contributed by atoms with Gasteiger partial charge in [0, 0.05) is 6.92 Å². The van der Waals surface area contributed by atoms with Gasteiger partial charge in [-0.15, -0.1) is 0 Å². The number of amides is 1. The summed E-state index contributed by atoms with van der Waals surface area (Å²) in [7, 11) is 0. The van der Waals surface area contributed by atoms with Crippen molar-refractivity contribution < 1.29 is 14.6 Å². The number of ether oxygens (including phenoxy) is 1. The van der Waals surface area contributed by atoms with E-state index in [1.54, 1.807) is 25.1 Å². The van der Waals surface area contributed by atoms with Gasteiger partial charge >= 0.3 is 0 Å². The first-order valence-corrected chi connectivity index (χ1v) is 4.77. The van der Waals surface area contributed by atoms with Crippen LogP contribution in [0.3, 0.4) is 0 Å². The number of anilines is 1. The Bertz CT molecular complexity index is 336. The summed E-state index contributed by atoms with van der Waals surface area (Å²) in [6, 6.07) is 7.11. The first-order valence-electron chi connectivity index (χ1n) is 4.77. The summed E-state index contributed by atoms with van der Waals surface area (Å²) < 4.78 is 5.33. The first kappa shape index (κ1) is 11.5. The largest absolute Gasteiger partial charge is 0.489 e. The van der Waals surface area contributed by atoms with Gasteiger partial charge in [0.05, 0.1) is 11.8 Å². The molecule has 1 rings (SSSR count). The molecule has 0 aromatic heterocycles. The van der Waals surface area contributed by atoms with E-state index in [0.29, 0.717) is 11.4 Å². The minimum absolute atomic E-state index is 0.150. The molecule has 2 N–H and O–H groups in total. The maximum atomic E-state index is 10.9. The van der Waals surface area contributed by atoms with Crippen LogP contribution in [-0.4, -0.2) is 23.7 Å². The smallest absolute Gasteiger partial charge is 0.221 e. The Balaban J connectivity index is 2.72. The molecule has 0 aliphatic rings. The second-order valence-corrected chi connectivity index (χ2v) is 3.34. The molecule has 4 heteroatoms. The van der Waals surface area contributed by atoms with Gasteiger partial charge in [0.2, 0.25) is 5.91 Å². The van der Waals surface area contributed by atoms with E-state index in [9.17, 15) is 4.79 Å². The van der Waals surface area contributed by atoms with Crippen LogP contribution in [0.2, 0.25) is 0 Å². The molecule has 15 heavy (non-hydrogen) atoms. The van der Waals surface area contributed by atoms with Crippen LogP contribution >= 0.6 is 0 Å². The van der Waals surface area contributed by atoms with Gasteiger partial charge in [0.25, 0.3) is 0 Å². The third-order valence-corrected chi connectivity index (χ3v) is 1.68. The van der Waals surface area contributed by atoms with E-state index >= 15 is 0 Å². The zero-order valence-corrected chi connectivity index (χ0v) is 8.86. The first-order chi connectivity index (χ1) is 7.09. The van der Waals surface area contributed by atoms with Crippen LogP contribution in [0.5, 0.6) is 5.75 Å². The second-order valence-electron chi connectivity index (χ2n) is 3.34. The summed E-state index contributed by atoms with van der Waals surface area (Å²) in [6.45, 7) is 3.28. The number of nitrogens with one attached hydrogen (secondary N) is 1. The molecule has 0 heterocycles. The zero-order chi connectivity index (χ0) is 11.3. The van der Waals surface area contributed by atoms with Gasteiger partial charge in [-0.25, -0.2) is 0 Å². The molecule has 0 radical (unpaired) electrons. The molecule has 0 saturated carbocycles. The number of aliphatic hydroxyl groups excluding tert-OH is 1. The fraction of sp³-hybridized carbons (Fsp3) is 0.364. The van der Waals surface area contributed by atoms with Crippen molar-refractivity contribution in [3.8, 4) is 5.75 Å². The lowest BCUT2D eigenvalue weighted by molar-refractivity contribution is -0.114. The minimum Gasteiger partial charge on any atom is -0.489 e. The van der Waals surface area contributed by atoms with Gasteiger partial charge < -0.3 is 15.2 Å². The molecule has 0 aliphatic heterocycles. The van der Waals surface area contributed by atoms with E-state index < -0.39 is 6.10 Å². The quantitative estimate of drug-likeness (QED) is 0.788. The highest BCUT2D eigenvalue weighted by molar-refractivity contribution is 5.90. The molecule has 0 unspecified atom stereocenters. The highest BCUT2D eigenvalue weighted by Crippen LogP contribution is 2.23. The Morgan fingerprint density at radius 1 is 1.53 bits per heavy atom. The third-order valence-electron chi connectivity index (χ3n) is 1.68. The molecule has 1 aromatic rings. The second kappa shape index (κ2) is 5.36. The average molecular weight is 209 g/mol. The molecule has 1 atom stereocenters. The molecule has 0 spiro atoms. The van der Waals surface area contributed by atoms with Crippen molar-refractivity contribution >= 4 is 11.6 Å². The highest BCUT2D eigenvalue weighted by atomic mass is 16.5. The Morgan fingerprint density at radius 2 is 2.20 bits per heavy atom. The summed E-state index contributed by atoms with van der Waals surface area (Å²) in [5.74, 6) is 0.414. The fourth-order valence-corrected chi connectivity index (χ4v) is 1.10. The van der Waals surface area contributed by atoms with Crippen molar-refractivity contribution in [2.24, 2.45) is 0 Å². The summed E-state index contributed by atoms with van der Waals surface area (Å²) in [5, 5.41) is 11.7. The van der Waals surface area contributed by atoms with Crippen molar-refractivity contribution in [1.29, 1.82) is 0 Å². The summed E-state index contributed by atoms with van der Waals surface area (Å²) in [4.78, 5) is 10.9. The molecule has 0 bridgehead atoms. The Morgan fingerprint density at radius 3 is 2.80 bits per heavy atom. The van der Waals surface area contributed by atoms with Gasteiger partial charge in [-0.05, 0) is 19.1 Å². The SMILES string of the molecule is CC(=O)Nc1ccccc1OC[C@@H](C)O. The normalized spacial score (nSPS) is 11.9. The molecule has 0 aliphatic carbocycles. The number of carbonyl (C=O) groups is 1. The topological polar surface area (TPSA) is 58.6 Å². The maximum Gasteiger partial charge on any atom is 0.221 e. The Labute approximate surface area is 88.9 Å². The van der Waals surface area contributed by atoms with Crippen LogP contribution in [0, 0.1) is 0 Å². The lowest BCUT2D eigenvalue weighted by Gasteiger charge is -2.12. The molecule has 4 nitrogen and oxygen atoms in total. The average Bonchev–Trinajstić information content (AvgIpc) is 2.15. The van der Waals surface area contributed by atoms with Crippen molar-refractivity contribution in [2.75, 3.05) is 11.9 Å². The van der Waals surface area contributed by atoms with Crippen molar-refractivity contribution in [3.05, 3.63) is 24.3 Å². The van der Waals surface area contributed by atoms with E-state index in [1.807, 2.05) is 6.07 Å².